The second-order valence-corrected chi connectivity index (χ2v) is 5.24. The van der Waals surface area contributed by atoms with Gasteiger partial charge in [-0.05, 0) is 25.3 Å². The number of H-pyrrole nitrogens is 1. The van der Waals surface area contributed by atoms with Gasteiger partial charge in [0.15, 0.2) is 0 Å². The summed E-state index contributed by atoms with van der Waals surface area (Å²) < 4.78 is 0. The first-order valence-electron chi connectivity index (χ1n) is 7.21. The number of rotatable bonds is 3. The lowest BCUT2D eigenvalue weighted by Gasteiger charge is -2.22. The molecule has 3 rings (SSSR count). The molecule has 0 radical (unpaired) electrons. The van der Waals surface area contributed by atoms with Gasteiger partial charge < -0.3 is 4.90 Å². The summed E-state index contributed by atoms with van der Waals surface area (Å²) in [6, 6.07) is 12.1. The van der Waals surface area contributed by atoms with Crippen molar-refractivity contribution in [2.75, 3.05) is 6.54 Å². The molecule has 2 heterocycles. The van der Waals surface area contributed by atoms with Crippen molar-refractivity contribution in [2.24, 2.45) is 0 Å². The number of amides is 1. The monoisotopic (exact) mass is 269 g/mol. The third-order valence-corrected chi connectivity index (χ3v) is 3.99. The van der Waals surface area contributed by atoms with Crippen LogP contribution < -0.4 is 0 Å². The predicted molar refractivity (Wildman–Crippen MR) is 78.4 cm³/mol. The van der Waals surface area contributed by atoms with Crippen LogP contribution in [0.4, 0.5) is 0 Å². The van der Waals surface area contributed by atoms with E-state index in [1.54, 1.807) is 0 Å². The molecule has 1 aliphatic rings. The third-order valence-electron chi connectivity index (χ3n) is 3.99. The molecular weight excluding hydrogens is 250 g/mol. The Morgan fingerprint density at radius 1 is 1.40 bits per heavy atom. The first-order valence-corrected chi connectivity index (χ1v) is 7.21. The summed E-state index contributed by atoms with van der Waals surface area (Å²) >= 11 is 0. The highest BCUT2D eigenvalue weighted by Crippen LogP contribution is 2.23. The summed E-state index contributed by atoms with van der Waals surface area (Å²) in [5.74, 6) is 0.0732. The number of benzene rings is 1. The first-order chi connectivity index (χ1) is 9.79. The van der Waals surface area contributed by atoms with Gasteiger partial charge in [-0.2, -0.15) is 5.10 Å². The molecule has 104 valence electrons. The molecule has 1 aliphatic heterocycles. The van der Waals surface area contributed by atoms with Gasteiger partial charge >= 0.3 is 0 Å². The Kier molecular flexibility index (Phi) is 3.54. The van der Waals surface area contributed by atoms with Gasteiger partial charge in [0.2, 0.25) is 0 Å². The summed E-state index contributed by atoms with van der Waals surface area (Å²) in [4.78, 5) is 14.5. The fourth-order valence-electron chi connectivity index (χ4n) is 2.87. The van der Waals surface area contributed by atoms with Crippen LogP contribution in [0.2, 0.25) is 0 Å². The van der Waals surface area contributed by atoms with Crippen molar-refractivity contribution >= 4 is 5.91 Å². The number of aromatic nitrogens is 2. The zero-order valence-electron chi connectivity index (χ0n) is 11.7. The second-order valence-electron chi connectivity index (χ2n) is 5.24. The van der Waals surface area contributed by atoms with Gasteiger partial charge in [0.1, 0.15) is 5.69 Å². The number of hydrogen-bond donors (Lipinski definition) is 1. The molecule has 0 bridgehead atoms. The summed E-state index contributed by atoms with van der Waals surface area (Å²) in [5.41, 5.74) is 2.43. The predicted octanol–water partition coefficient (Wildman–Crippen LogP) is 3.09. The molecule has 1 atom stereocenters. The lowest BCUT2D eigenvalue weighted by Crippen LogP contribution is -2.35. The fourth-order valence-corrected chi connectivity index (χ4v) is 2.87. The molecule has 0 spiro atoms. The van der Waals surface area contributed by atoms with Crippen LogP contribution in [0.3, 0.4) is 0 Å². The van der Waals surface area contributed by atoms with Gasteiger partial charge in [-0.15, -0.1) is 0 Å². The summed E-state index contributed by atoms with van der Waals surface area (Å²) in [6.45, 7) is 3.00. The van der Waals surface area contributed by atoms with Crippen molar-refractivity contribution in [1.82, 2.24) is 15.1 Å². The van der Waals surface area contributed by atoms with E-state index >= 15 is 0 Å². The van der Waals surface area contributed by atoms with Gasteiger partial charge in [0.05, 0.1) is 5.69 Å². The first kappa shape index (κ1) is 12.9. The van der Waals surface area contributed by atoms with Crippen LogP contribution in [-0.4, -0.2) is 33.6 Å². The molecule has 20 heavy (non-hydrogen) atoms. The minimum absolute atomic E-state index is 0.0732. The molecule has 1 amide bonds. The maximum atomic E-state index is 12.5. The third kappa shape index (κ3) is 2.33. The van der Waals surface area contributed by atoms with Crippen LogP contribution in [0, 0.1) is 0 Å². The number of hydrogen-bond acceptors (Lipinski definition) is 2. The minimum Gasteiger partial charge on any atom is -0.334 e. The Labute approximate surface area is 118 Å². The molecule has 1 unspecified atom stereocenters. The molecule has 1 saturated heterocycles. The standard InChI is InChI=1S/C16H19N3O/c1-2-13-9-6-10-19(13)16(20)15-11-14(17-18-15)12-7-4-3-5-8-12/h3-5,7-8,11,13H,2,6,9-10H2,1H3,(H,17,18). The van der Waals surface area contributed by atoms with Gasteiger partial charge in [-0.25, -0.2) is 0 Å². The highest BCUT2D eigenvalue weighted by atomic mass is 16.2. The van der Waals surface area contributed by atoms with Crippen molar-refractivity contribution in [3.8, 4) is 11.3 Å². The maximum Gasteiger partial charge on any atom is 0.272 e. The Morgan fingerprint density at radius 2 is 2.20 bits per heavy atom. The Bertz CT molecular complexity index is 591. The van der Waals surface area contributed by atoms with Crippen LogP contribution in [0.5, 0.6) is 0 Å². The summed E-state index contributed by atoms with van der Waals surface area (Å²) in [7, 11) is 0. The Morgan fingerprint density at radius 3 is 2.95 bits per heavy atom. The molecule has 1 aromatic heterocycles. The summed E-state index contributed by atoms with van der Waals surface area (Å²) in [5, 5.41) is 7.14. The van der Waals surface area contributed by atoms with Crippen LogP contribution >= 0.6 is 0 Å². The van der Waals surface area contributed by atoms with Crippen molar-refractivity contribution < 1.29 is 4.79 Å². The SMILES string of the molecule is CCC1CCCN1C(=O)c1cc(-c2ccccc2)n[nH]1. The Hall–Kier alpha value is -2.10. The van der Waals surface area contributed by atoms with Crippen LogP contribution in [0.15, 0.2) is 36.4 Å². The van der Waals surface area contributed by atoms with E-state index in [1.165, 1.54) is 0 Å². The molecule has 1 aromatic carbocycles. The number of carbonyl (C=O) groups is 1. The van der Waals surface area contributed by atoms with E-state index in [0.717, 1.165) is 37.1 Å². The maximum absolute atomic E-state index is 12.5. The fraction of sp³-hybridized carbons (Fsp3) is 0.375. The topological polar surface area (TPSA) is 49.0 Å². The molecule has 4 heteroatoms. The van der Waals surface area contributed by atoms with Crippen LogP contribution in [-0.2, 0) is 0 Å². The largest absolute Gasteiger partial charge is 0.334 e. The molecule has 2 aromatic rings. The van der Waals surface area contributed by atoms with E-state index < -0.39 is 0 Å². The van der Waals surface area contributed by atoms with E-state index in [-0.39, 0.29) is 5.91 Å². The van der Waals surface area contributed by atoms with Gasteiger partial charge in [0, 0.05) is 18.2 Å². The normalized spacial score (nSPS) is 18.4. The number of nitrogens with zero attached hydrogens (tertiary/aromatic N) is 2. The van der Waals surface area contributed by atoms with Crippen LogP contribution in [0.1, 0.15) is 36.7 Å². The minimum atomic E-state index is 0.0732. The zero-order valence-corrected chi connectivity index (χ0v) is 11.7. The van der Waals surface area contributed by atoms with E-state index in [2.05, 4.69) is 17.1 Å². The average molecular weight is 269 g/mol. The number of likely N-dealkylation sites (tertiary alicyclic amines) is 1. The summed E-state index contributed by atoms with van der Waals surface area (Å²) in [6.07, 6.45) is 3.23. The van der Waals surface area contributed by atoms with Gasteiger partial charge in [0.25, 0.3) is 5.91 Å². The Balaban J connectivity index is 1.82. The molecule has 1 fully saturated rings. The lowest BCUT2D eigenvalue weighted by molar-refractivity contribution is 0.0727. The highest BCUT2D eigenvalue weighted by molar-refractivity contribution is 5.93. The molecule has 0 aliphatic carbocycles. The van der Waals surface area contributed by atoms with E-state index in [9.17, 15) is 4.79 Å². The van der Waals surface area contributed by atoms with Gasteiger partial charge in [-0.3, -0.25) is 9.89 Å². The van der Waals surface area contributed by atoms with Crippen molar-refractivity contribution in [3.63, 3.8) is 0 Å². The van der Waals surface area contributed by atoms with Crippen LogP contribution in [0.25, 0.3) is 11.3 Å². The molecule has 4 nitrogen and oxygen atoms in total. The number of carbonyl (C=O) groups excluding carboxylic acids is 1. The highest BCUT2D eigenvalue weighted by Gasteiger charge is 2.29. The van der Waals surface area contributed by atoms with Crippen molar-refractivity contribution in [1.29, 1.82) is 0 Å². The molecular formula is C16H19N3O. The van der Waals surface area contributed by atoms with E-state index in [4.69, 9.17) is 0 Å². The molecule has 1 N–H and O–H groups in total. The molecule has 0 saturated carbocycles. The van der Waals surface area contributed by atoms with Gasteiger partial charge in [-0.1, -0.05) is 37.3 Å². The average Bonchev–Trinajstić information content (AvgIpc) is 3.16. The number of aromatic amines is 1. The van der Waals surface area contributed by atoms with E-state index in [0.29, 0.717) is 11.7 Å². The lowest BCUT2D eigenvalue weighted by atomic mass is 10.1. The van der Waals surface area contributed by atoms with E-state index in [1.807, 2.05) is 41.3 Å². The smallest absolute Gasteiger partial charge is 0.272 e. The number of nitrogens with one attached hydrogen (secondary N) is 1. The van der Waals surface area contributed by atoms with Crippen molar-refractivity contribution in [3.05, 3.63) is 42.1 Å². The quantitative estimate of drug-likeness (QED) is 0.930. The van der Waals surface area contributed by atoms with Crippen molar-refractivity contribution in [2.45, 2.75) is 32.2 Å². The zero-order chi connectivity index (χ0) is 13.9. The second kappa shape index (κ2) is 5.49.